The van der Waals surface area contributed by atoms with Gasteiger partial charge in [-0.05, 0) is 32.3 Å². The average molecular weight is 486 g/mol. The molecule has 0 N–H and O–H groups in total. The molecule has 0 amide bonds. The second kappa shape index (κ2) is 12.7. The van der Waals surface area contributed by atoms with Crippen molar-refractivity contribution in [1.29, 1.82) is 0 Å². The summed E-state index contributed by atoms with van der Waals surface area (Å²) < 4.78 is 25.2. The molecule has 0 bridgehead atoms. The van der Waals surface area contributed by atoms with Crippen LogP contribution >= 0.6 is 0 Å². The molecule has 0 fully saturated rings. The maximum Gasteiger partial charge on any atom is 0.359 e. The molecule has 2 heterocycles. The quantitative estimate of drug-likeness (QED) is 0.342. The van der Waals surface area contributed by atoms with Crippen LogP contribution in [0.4, 0.5) is 0 Å². The summed E-state index contributed by atoms with van der Waals surface area (Å²) in [6.45, 7) is 9.38. The molecule has 2 aromatic rings. The average Bonchev–Trinajstić information content (AvgIpc) is 3.05. The van der Waals surface area contributed by atoms with Crippen LogP contribution in [0, 0.1) is 5.41 Å². The van der Waals surface area contributed by atoms with E-state index in [0.29, 0.717) is 13.2 Å². The molecule has 0 spiro atoms. The van der Waals surface area contributed by atoms with Crippen LogP contribution in [0.2, 0.25) is 0 Å². The lowest BCUT2D eigenvalue weighted by Gasteiger charge is -2.31. The fourth-order valence-electron chi connectivity index (χ4n) is 4.58. The Morgan fingerprint density at radius 1 is 0.829 bits per heavy atom. The third-order valence-electron chi connectivity index (χ3n) is 6.46. The Labute approximate surface area is 208 Å². The first-order valence-corrected chi connectivity index (χ1v) is 12.9. The third kappa shape index (κ3) is 6.19. The summed E-state index contributed by atoms with van der Waals surface area (Å²) in [5.41, 5.74) is 1.13. The number of ether oxygens (including phenoxy) is 4. The summed E-state index contributed by atoms with van der Waals surface area (Å²) in [6, 6.07) is 9.64. The lowest BCUT2D eigenvalue weighted by Crippen LogP contribution is -2.34. The Morgan fingerprint density at radius 3 is 1.74 bits per heavy atom. The highest BCUT2D eigenvalue weighted by molar-refractivity contribution is 6.00. The van der Waals surface area contributed by atoms with Gasteiger partial charge >= 0.3 is 11.9 Å². The molecular weight excluding hydrogens is 446 g/mol. The van der Waals surface area contributed by atoms with E-state index in [2.05, 4.69) is 13.8 Å². The monoisotopic (exact) mass is 485 g/mol. The first kappa shape index (κ1) is 26.6. The van der Waals surface area contributed by atoms with Gasteiger partial charge in [0.25, 0.3) is 0 Å². The number of benzene rings is 1. The predicted octanol–water partition coefficient (Wildman–Crippen LogP) is 6.03. The maximum absolute atomic E-state index is 13.2. The van der Waals surface area contributed by atoms with Gasteiger partial charge in [-0.15, -0.1) is 0 Å². The van der Waals surface area contributed by atoms with Crippen LogP contribution in [-0.2, 0) is 16.0 Å². The van der Waals surface area contributed by atoms with Gasteiger partial charge in [0.1, 0.15) is 0 Å². The standard InChI is InChI=1S/C28H39NO6/c1-5-9-16-28(17-10-6-2)19-34-24-22(26(30)32-7-3)29(18-21-14-12-11-13-15-21)23(25(24)35-20-28)27(31)33-8-4/h11-15H,5-10,16-20H2,1-4H3. The van der Waals surface area contributed by atoms with Crippen molar-refractivity contribution in [2.75, 3.05) is 26.4 Å². The highest BCUT2D eigenvalue weighted by Gasteiger charge is 2.41. The number of rotatable bonds is 12. The highest BCUT2D eigenvalue weighted by Crippen LogP contribution is 2.45. The minimum atomic E-state index is -0.548. The molecule has 192 valence electrons. The Hall–Kier alpha value is -2.96. The molecule has 0 radical (unpaired) electrons. The van der Waals surface area contributed by atoms with Gasteiger partial charge in [-0.3, -0.25) is 0 Å². The molecular formula is C28H39NO6. The molecule has 1 aromatic heterocycles. The lowest BCUT2D eigenvalue weighted by molar-refractivity contribution is 0.0483. The van der Waals surface area contributed by atoms with Crippen molar-refractivity contribution in [3.8, 4) is 11.5 Å². The van der Waals surface area contributed by atoms with Crippen LogP contribution in [0.1, 0.15) is 92.8 Å². The molecule has 0 aliphatic carbocycles. The maximum atomic E-state index is 13.2. The summed E-state index contributed by atoms with van der Waals surface area (Å²) >= 11 is 0. The molecule has 3 rings (SSSR count). The molecule has 1 aliphatic rings. The van der Waals surface area contributed by atoms with E-state index < -0.39 is 11.9 Å². The number of carbonyl (C=O) groups excluding carboxylic acids is 2. The summed E-state index contributed by atoms with van der Waals surface area (Å²) in [7, 11) is 0. The molecule has 1 aromatic carbocycles. The number of hydrogen-bond acceptors (Lipinski definition) is 6. The van der Waals surface area contributed by atoms with Crippen LogP contribution < -0.4 is 9.47 Å². The number of hydrogen-bond donors (Lipinski definition) is 0. The molecule has 0 atom stereocenters. The number of nitrogens with zero attached hydrogens (tertiary/aromatic N) is 1. The second-order valence-corrected chi connectivity index (χ2v) is 9.15. The zero-order chi connectivity index (χ0) is 25.3. The van der Waals surface area contributed by atoms with E-state index in [1.54, 1.807) is 18.4 Å². The van der Waals surface area contributed by atoms with E-state index in [0.717, 1.165) is 44.1 Å². The van der Waals surface area contributed by atoms with Crippen molar-refractivity contribution < 1.29 is 28.5 Å². The molecule has 0 unspecified atom stereocenters. The molecule has 0 saturated carbocycles. The molecule has 1 aliphatic heterocycles. The molecule has 7 heteroatoms. The van der Waals surface area contributed by atoms with E-state index in [1.165, 1.54) is 0 Å². The van der Waals surface area contributed by atoms with Crippen LogP contribution in [-0.4, -0.2) is 42.9 Å². The van der Waals surface area contributed by atoms with Gasteiger partial charge in [0, 0.05) is 12.0 Å². The van der Waals surface area contributed by atoms with E-state index in [4.69, 9.17) is 18.9 Å². The minimum Gasteiger partial charge on any atom is -0.487 e. The zero-order valence-corrected chi connectivity index (χ0v) is 21.6. The third-order valence-corrected chi connectivity index (χ3v) is 6.46. The van der Waals surface area contributed by atoms with Crippen molar-refractivity contribution in [2.24, 2.45) is 5.41 Å². The van der Waals surface area contributed by atoms with Crippen LogP contribution in [0.5, 0.6) is 11.5 Å². The number of esters is 2. The fraction of sp³-hybridized carbons (Fsp3) is 0.571. The van der Waals surface area contributed by atoms with Gasteiger partial charge in [0.05, 0.1) is 26.4 Å². The molecule has 7 nitrogen and oxygen atoms in total. The largest absolute Gasteiger partial charge is 0.487 e. The number of fused-ring (bicyclic) bond motifs is 1. The highest BCUT2D eigenvalue weighted by atomic mass is 16.6. The second-order valence-electron chi connectivity index (χ2n) is 9.15. The van der Waals surface area contributed by atoms with Crippen molar-refractivity contribution in [3.63, 3.8) is 0 Å². The molecule has 0 saturated heterocycles. The Bertz CT molecular complexity index is 924. The van der Waals surface area contributed by atoms with E-state index >= 15 is 0 Å². The minimum absolute atomic E-state index is 0.180. The van der Waals surface area contributed by atoms with Gasteiger partial charge in [-0.1, -0.05) is 69.9 Å². The summed E-state index contributed by atoms with van der Waals surface area (Å²) in [6.07, 6.45) is 6.19. The van der Waals surface area contributed by atoms with Crippen LogP contribution in [0.15, 0.2) is 30.3 Å². The Morgan fingerprint density at radius 2 is 1.31 bits per heavy atom. The summed E-state index contributed by atoms with van der Waals surface area (Å²) in [4.78, 5) is 26.4. The smallest absolute Gasteiger partial charge is 0.359 e. The van der Waals surface area contributed by atoms with Gasteiger partial charge in [0.15, 0.2) is 22.9 Å². The van der Waals surface area contributed by atoms with Gasteiger partial charge in [-0.25, -0.2) is 9.59 Å². The zero-order valence-electron chi connectivity index (χ0n) is 21.6. The Balaban J connectivity index is 2.12. The molecule has 35 heavy (non-hydrogen) atoms. The summed E-state index contributed by atoms with van der Waals surface area (Å²) in [5.74, 6) is -0.545. The van der Waals surface area contributed by atoms with E-state index in [-0.39, 0.29) is 48.1 Å². The number of carbonyl (C=O) groups is 2. The van der Waals surface area contributed by atoms with Gasteiger partial charge in [-0.2, -0.15) is 0 Å². The van der Waals surface area contributed by atoms with E-state index in [1.807, 2.05) is 30.3 Å². The van der Waals surface area contributed by atoms with Crippen LogP contribution in [0.3, 0.4) is 0 Å². The fourth-order valence-corrected chi connectivity index (χ4v) is 4.58. The van der Waals surface area contributed by atoms with Crippen molar-refractivity contribution >= 4 is 11.9 Å². The predicted molar refractivity (Wildman–Crippen MR) is 134 cm³/mol. The summed E-state index contributed by atoms with van der Waals surface area (Å²) in [5, 5.41) is 0. The number of aromatic nitrogens is 1. The Kier molecular flexibility index (Phi) is 9.64. The topological polar surface area (TPSA) is 76.0 Å². The SMILES string of the molecule is CCCCC1(CCCC)COc2c(c(C(=O)OCC)n(Cc3ccccc3)c2C(=O)OCC)OC1. The van der Waals surface area contributed by atoms with Gasteiger partial charge < -0.3 is 23.5 Å². The van der Waals surface area contributed by atoms with E-state index in [9.17, 15) is 9.59 Å². The van der Waals surface area contributed by atoms with Crippen LogP contribution in [0.25, 0.3) is 0 Å². The first-order valence-electron chi connectivity index (χ1n) is 12.9. The van der Waals surface area contributed by atoms with Crippen molar-refractivity contribution in [2.45, 2.75) is 72.8 Å². The van der Waals surface area contributed by atoms with Crippen molar-refractivity contribution in [3.05, 3.63) is 47.3 Å². The normalized spacial score (nSPS) is 14.3. The van der Waals surface area contributed by atoms with Crippen molar-refractivity contribution in [1.82, 2.24) is 4.57 Å². The number of unbranched alkanes of at least 4 members (excludes halogenated alkanes) is 2. The lowest BCUT2D eigenvalue weighted by atomic mass is 9.79. The van der Waals surface area contributed by atoms with Gasteiger partial charge in [0.2, 0.25) is 0 Å². The first-order chi connectivity index (χ1) is 17.0.